The fourth-order valence-corrected chi connectivity index (χ4v) is 3.41. The molecule has 2 heterocycles. The maximum absolute atomic E-state index is 6.15. The van der Waals surface area contributed by atoms with Crippen molar-refractivity contribution in [3.05, 3.63) is 23.3 Å². The normalized spacial score (nSPS) is 21.0. The summed E-state index contributed by atoms with van der Waals surface area (Å²) in [5, 5.41) is 0. The molecule has 4 heteroatoms. The Hall–Kier alpha value is -1.26. The second kappa shape index (κ2) is 6.47. The largest absolute Gasteiger partial charge is 0.493 e. The van der Waals surface area contributed by atoms with Crippen LogP contribution in [0.25, 0.3) is 0 Å². The van der Waals surface area contributed by atoms with E-state index in [9.17, 15) is 0 Å². The molecule has 1 aromatic carbocycles. The van der Waals surface area contributed by atoms with Gasteiger partial charge in [-0.05, 0) is 83.1 Å². The van der Waals surface area contributed by atoms with Crippen LogP contribution in [0.15, 0.2) is 12.1 Å². The molecular weight excluding hydrogens is 274 g/mol. The second-order valence-corrected chi connectivity index (χ2v) is 7.07. The summed E-state index contributed by atoms with van der Waals surface area (Å²) in [5.41, 5.74) is 4.00. The van der Waals surface area contributed by atoms with Crippen molar-refractivity contribution < 1.29 is 4.74 Å². The van der Waals surface area contributed by atoms with E-state index in [4.69, 9.17) is 4.74 Å². The van der Waals surface area contributed by atoms with E-state index in [0.29, 0.717) is 5.92 Å². The molecule has 4 nitrogen and oxygen atoms in total. The molecule has 2 saturated heterocycles. The fraction of sp³-hybridized carbons (Fsp3) is 0.667. The number of ether oxygens (including phenoxy) is 1. The summed E-state index contributed by atoms with van der Waals surface area (Å²) in [7, 11) is 4.36. The highest BCUT2D eigenvalue weighted by Crippen LogP contribution is 2.32. The number of likely N-dealkylation sites (tertiary alicyclic amines) is 1. The Balaban J connectivity index is 1.61. The minimum absolute atomic E-state index is 0.708. The smallest absolute Gasteiger partial charge is 0.122 e. The third kappa shape index (κ3) is 3.23. The van der Waals surface area contributed by atoms with Gasteiger partial charge >= 0.3 is 0 Å². The van der Waals surface area contributed by atoms with E-state index in [2.05, 4.69) is 54.8 Å². The van der Waals surface area contributed by atoms with E-state index in [1.807, 2.05) is 0 Å². The summed E-state index contributed by atoms with van der Waals surface area (Å²) in [6.07, 6.45) is 2.51. The van der Waals surface area contributed by atoms with E-state index in [-0.39, 0.29) is 0 Å². The monoisotopic (exact) mass is 303 g/mol. The van der Waals surface area contributed by atoms with Crippen molar-refractivity contribution in [1.29, 1.82) is 0 Å². The molecule has 1 aromatic rings. The van der Waals surface area contributed by atoms with E-state index in [1.54, 1.807) is 0 Å². The first kappa shape index (κ1) is 15.6. The van der Waals surface area contributed by atoms with E-state index >= 15 is 0 Å². The molecule has 2 aliphatic heterocycles. The Bertz CT molecular complexity index is 517. The zero-order valence-electron chi connectivity index (χ0n) is 14.4. The molecule has 0 aliphatic carbocycles. The van der Waals surface area contributed by atoms with Gasteiger partial charge in [-0.25, -0.2) is 0 Å². The van der Waals surface area contributed by atoms with Crippen LogP contribution in [0.2, 0.25) is 0 Å². The van der Waals surface area contributed by atoms with Crippen LogP contribution in [0.3, 0.4) is 0 Å². The molecule has 0 spiro atoms. The molecule has 0 amide bonds. The summed E-state index contributed by atoms with van der Waals surface area (Å²) in [4.78, 5) is 7.12. The fourth-order valence-electron chi connectivity index (χ4n) is 3.41. The average molecular weight is 303 g/mol. The van der Waals surface area contributed by atoms with Crippen molar-refractivity contribution in [2.45, 2.75) is 26.7 Å². The molecule has 22 heavy (non-hydrogen) atoms. The summed E-state index contributed by atoms with van der Waals surface area (Å²) in [5.74, 6) is 1.77. The molecule has 0 bridgehead atoms. The van der Waals surface area contributed by atoms with E-state index < -0.39 is 0 Å². The van der Waals surface area contributed by atoms with Gasteiger partial charge in [0.25, 0.3) is 0 Å². The zero-order chi connectivity index (χ0) is 15.7. The Kier molecular flexibility index (Phi) is 4.59. The van der Waals surface area contributed by atoms with E-state index in [1.165, 1.54) is 42.7 Å². The molecule has 0 N–H and O–H groups in total. The number of hydrogen-bond acceptors (Lipinski definition) is 4. The highest BCUT2D eigenvalue weighted by atomic mass is 16.5. The minimum atomic E-state index is 0.708. The van der Waals surface area contributed by atoms with Crippen molar-refractivity contribution in [3.8, 4) is 5.75 Å². The van der Waals surface area contributed by atoms with Crippen LogP contribution in [0, 0.1) is 19.8 Å². The number of rotatable bonds is 4. The molecule has 2 aliphatic rings. The average Bonchev–Trinajstić information content (AvgIpc) is 2.48. The Morgan fingerprint density at radius 3 is 2.32 bits per heavy atom. The van der Waals surface area contributed by atoms with Crippen molar-refractivity contribution in [3.63, 3.8) is 0 Å². The third-order valence-corrected chi connectivity index (χ3v) is 5.19. The standard InChI is InChI=1S/C18H29N3O/c1-14-15(2)18(6-5-17(14)21-12-20(4)13-21)22-11-16-7-9-19(3)10-8-16/h5-6,16H,7-13H2,1-4H3. The number of hydrogen-bond donors (Lipinski definition) is 0. The van der Waals surface area contributed by atoms with Crippen LogP contribution in [0.4, 0.5) is 5.69 Å². The summed E-state index contributed by atoms with van der Waals surface area (Å²) < 4.78 is 6.15. The number of nitrogens with zero attached hydrogens (tertiary/aromatic N) is 3. The van der Waals surface area contributed by atoms with Crippen molar-refractivity contribution in [2.24, 2.45) is 5.92 Å². The van der Waals surface area contributed by atoms with Gasteiger partial charge in [-0.1, -0.05) is 0 Å². The van der Waals surface area contributed by atoms with Crippen LogP contribution in [-0.2, 0) is 0 Å². The summed E-state index contributed by atoms with van der Waals surface area (Å²) >= 11 is 0. The summed E-state index contributed by atoms with van der Waals surface area (Å²) in [6.45, 7) is 9.71. The van der Waals surface area contributed by atoms with Gasteiger partial charge in [0.1, 0.15) is 5.75 Å². The molecule has 0 atom stereocenters. The number of piperidine rings is 1. The molecule has 2 fully saturated rings. The lowest BCUT2D eigenvalue weighted by Gasteiger charge is -2.42. The molecule has 3 rings (SSSR count). The third-order valence-electron chi connectivity index (χ3n) is 5.19. The Labute approximate surface area is 134 Å². The van der Waals surface area contributed by atoms with Gasteiger partial charge in [0.15, 0.2) is 0 Å². The Morgan fingerprint density at radius 1 is 1.00 bits per heavy atom. The quantitative estimate of drug-likeness (QED) is 0.851. The van der Waals surface area contributed by atoms with Crippen LogP contribution in [0.1, 0.15) is 24.0 Å². The lowest BCUT2D eigenvalue weighted by Crippen LogP contribution is -2.53. The molecule has 0 unspecified atom stereocenters. The van der Waals surface area contributed by atoms with Gasteiger partial charge in [0, 0.05) is 5.69 Å². The maximum Gasteiger partial charge on any atom is 0.122 e. The van der Waals surface area contributed by atoms with Crippen LogP contribution < -0.4 is 9.64 Å². The minimum Gasteiger partial charge on any atom is -0.493 e. The van der Waals surface area contributed by atoms with Gasteiger partial charge in [0.05, 0.1) is 19.9 Å². The highest BCUT2D eigenvalue weighted by Gasteiger charge is 2.23. The lowest BCUT2D eigenvalue weighted by molar-refractivity contribution is 0.159. The van der Waals surface area contributed by atoms with E-state index in [0.717, 1.165) is 25.7 Å². The Morgan fingerprint density at radius 2 is 1.68 bits per heavy atom. The molecule has 0 saturated carbocycles. The van der Waals surface area contributed by atoms with Crippen molar-refractivity contribution >= 4 is 5.69 Å². The van der Waals surface area contributed by atoms with Crippen LogP contribution >= 0.6 is 0 Å². The zero-order valence-corrected chi connectivity index (χ0v) is 14.4. The predicted molar refractivity (Wildman–Crippen MR) is 91.6 cm³/mol. The van der Waals surface area contributed by atoms with Gasteiger partial charge < -0.3 is 14.5 Å². The van der Waals surface area contributed by atoms with Crippen LogP contribution in [-0.4, -0.2) is 56.9 Å². The van der Waals surface area contributed by atoms with Crippen LogP contribution in [0.5, 0.6) is 5.75 Å². The van der Waals surface area contributed by atoms with Crippen molar-refractivity contribution in [1.82, 2.24) is 9.80 Å². The van der Waals surface area contributed by atoms with Gasteiger partial charge in [0.2, 0.25) is 0 Å². The highest BCUT2D eigenvalue weighted by molar-refractivity contribution is 5.60. The molecule has 122 valence electrons. The summed E-state index contributed by atoms with van der Waals surface area (Å²) in [6, 6.07) is 4.38. The maximum atomic E-state index is 6.15. The first-order valence-corrected chi connectivity index (χ1v) is 8.39. The first-order valence-electron chi connectivity index (χ1n) is 8.39. The molecular formula is C18H29N3O. The lowest BCUT2D eigenvalue weighted by atomic mass is 9.98. The van der Waals surface area contributed by atoms with Crippen molar-refractivity contribution in [2.75, 3.05) is 52.0 Å². The topological polar surface area (TPSA) is 19.0 Å². The molecule has 0 radical (unpaired) electrons. The van der Waals surface area contributed by atoms with Gasteiger partial charge in [-0.2, -0.15) is 0 Å². The van der Waals surface area contributed by atoms with Gasteiger partial charge in [-0.3, -0.25) is 4.90 Å². The second-order valence-electron chi connectivity index (χ2n) is 7.07. The van der Waals surface area contributed by atoms with Gasteiger partial charge in [-0.15, -0.1) is 0 Å². The first-order chi connectivity index (χ1) is 10.5. The number of anilines is 1. The number of benzene rings is 1. The predicted octanol–water partition coefficient (Wildman–Crippen LogP) is 2.69. The SMILES string of the molecule is Cc1c(OCC2CCN(C)CC2)ccc(N2CN(C)C2)c1C. The molecule has 0 aromatic heterocycles.